The predicted octanol–water partition coefficient (Wildman–Crippen LogP) is 3.25. The molecular weight excluding hydrogens is 256 g/mol. The molecular formula is C15H24N2OS. The van der Waals surface area contributed by atoms with E-state index < -0.39 is 5.41 Å². The number of rotatable bonds is 3. The highest BCUT2D eigenvalue weighted by atomic mass is 32.2. The van der Waals surface area contributed by atoms with Gasteiger partial charge in [0.15, 0.2) is 0 Å². The van der Waals surface area contributed by atoms with Gasteiger partial charge in [-0.3, -0.25) is 4.79 Å². The highest BCUT2D eigenvalue weighted by Gasteiger charge is 2.41. The van der Waals surface area contributed by atoms with Crippen molar-refractivity contribution in [1.29, 1.82) is 5.26 Å². The second kappa shape index (κ2) is 6.65. The summed E-state index contributed by atoms with van der Waals surface area (Å²) in [5.41, 5.74) is -0.737. The minimum atomic E-state index is -0.737. The van der Waals surface area contributed by atoms with Gasteiger partial charge < -0.3 is 5.32 Å². The third kappa shape index (κ3) is 3.25. The second-order valence-corrected chi connectivity index (χ2v) is 6.97. The van der Waals surface area contributed by atoms with E-state index in [1.807, 2.05) is 11.8 Å². The van der Waals surface area contributed by atoms with Crippen LogP contribution in [0.1, 0.15) is 57.8 Å². The first kappa shape index (κ1) is 14.7. The lowest BCUT2D eigenvalue weighted by Gasteiger charge is -2.35. The van der Waals surface area contributed by atoms with Crippen LogP contribution in [0.5, 0.6) is 0 Å². The van der Waals surface area contributed by atoms with Crippen LogP contribution in [-0.4, -0.2) is 23.5 Å². The van der Waals surface area contributed by atoms with Gasteiger partial charge in [-0.25, -0.2) is 0 Å². The highest BCUT2D eigenvalue weighted by molar-refractivity contribution is 7.99. The first-order valence-corrected chi connectivity index (χ1v) is 8.76. The summed E-state index contributed by atoms with van der Waals surface area (Å²) >= 11 is 1.85. The number of carbonyl (C=O) groups is 1. The number of carbonyl (C=O) groups excluding carboxylic acids is 1. The van der Waals surface area contributed by atoms with Crippen molar-refractivity contribution >= 4 is 17.7 Å². The van der Waals surface area contributed by atoms with Crippen LogP contribution in [-0.2, 0) is 4.79 Å². The van der Waals surface area contributed by atoms with Gasteiger partial charge >= 0.3 is 0 Å². The van der Waals surface area contributed by atoms with Crippen LogP contribution < -0.4 is 5.32 Å². The average molecular weight is 280 g/mol. The van der Waals surface area contributed by atoms with Gasteiger partial charge in [-0.15, -0.1) is 0 Å². The normalized spacial score (nSPS) is 30.3. The van der Waals surface area contributed by atoms with E-state index in [2.05, 4.69) is 17.6 Å². The number of amides is 1. The van der Waals surface area contributed by atoms with Gasteiger partial charge in [0, 0.05) is 11.3 Å². The summed E-state index contributed by atoms with van der Waals surface area (Å²) < 4.78 is 0. The van der Waals surface area contributed by atoms with Gasteiger partial charge in [-0.1, -0.05) is 32.1 Å². The minimum Gasteiger partial charge on any atom is -0.351 e. The lowest BCUT2D eigenvalue weighted by atomic mass is 9.74. The van der Waals surface area contributed by atoms with Crippen LogP contribution in [0.2, 0.25) is 0 Å². The summed E-state index contributed by atoms with van der Waals surface area (Å²) in [6.45, 7) is 0. The molecule has 2 aliphatic carbocycles. The van der Waals surface area contributed by atoms with Crippen molar-refractivity contribution in [2.45, 2.75) is 69.1 Å². The van der Waals surface area contributed by atoms with Crippen molar-refractivity contribution in [1.82, 2.24) is 5.32 Å². The predicted molar refractivity (Wildman–Crippen MR) is 78.8 cm³/mol. The van der Waals surface area contributed by atoms with Crippen LogP contribution in [0.3, 0.4) is 0 Å². The monoisotopic (exact) mass is 280 g/mol. The van der Waals surface area contributed by atoms with E-state index in [0.29, 0.717) is 5.25 Å². The Morgan fingerprint density at radius 3 is 2.53 bits per heavy atom. The Labute approximate surface area is 120 Å². The van der Waals surface area contributed by atoms with Crippen molar-refractivity contribution in [3.63, 3.8) is 0 Å². The molecule has 0 spiro atoms. The fraction of sp³-hybridized carbons (Fsp3) is 0.867. The summed E-state index contributed by atoms with van der Waals surface area (Å²) in [5, 5.41) is 13.2. The summed E-state index contributed by atoms with van der Waals surface area (Å²) in [4.78, 5) is 12.5. The van der Waals surface area contributed by atoms with Crippen molar-refractivity contribution in [2.24, 2.45) is 5.41 Å². The smallest absolute Gasteiger partial charge is 0.240 e. The molecule has 2 atom stereocenters. The maximum Gasteiger partial charge on any atom is 0.240 e. The van der Waals surface area contributed by atoms with Crippen molar-refractivity contribution < 1.29 is 4.79 Å². The van der Waals surface area contributed by atoms with Crippen LogP contribution in [0.4, 0.5) is 0 Å². The summed E-state index contributed by atoms with van der Waals surface area (Å²) in [7, 11) is 0. The molecule has 4 heteroatoms. The van der Waals surface area contributed by atoms with Gasteiger partial charge in [0.25, 0.3) is 0 Å². The van der Waals surface area contributed by atoms with E-state index in [1.54, 1.807) is 0 Å². The molecule has 106 valence electrons. The van der Waals surface area contributed by atoms with E-state index in [4.69, 9.17) is 0 Å². The minimum absolute atomic E-state index is 0.000602. The van der Waals surface area contributed by atoms with E-state index in [-0.39, 0.29) is 11.9 Å². The summed E-state index contributed by atoms with van der Waals surface area (Å²) in [5.74, 6) is 0.000602. The van der Waals surface area contributed by atoms with Crippen molar-refractivity contribution in [3.05, 3.63) is 0 Å². The Morgan fingerprint density at radius 1 is 1.21 bits per heavy atom. The fourth-order valence-electron chi connectivity index (χ4n) is 3.40. The Morgan fingerprint density at radius 2 is 1.89 bits per heavy atom. The molecule has 2 aliphatic rings. The molecule has 0 heterocycles. The van der Waals surface area contributed by atoms with Gasteiger partial charge in [0.05, 0.1) is 6.07 Å². The number of hydrogen-bond acceptors (Lipinski definition) is 3. The topological polar surface area (TPSA) is 52.9 Å². The SMILES string of the molecule is CSC1CCCCC1NC(=O)C1(C#N)CCCCC1. The molecule has 1 N–H and O–H groups in total. The zero-order valence-electron chi connectivity index (χ0n) is 11.8. The van der Waals surface area contributed by atoms with Crippen LogP contribution >= 0.6 is 11.8 Å². The number of nitrogens with zero attached hydrogens (tertiary/aromatic N) is 1. The van der Waals surface area contributed by atoms with Gasteiger partial charge in [0.1, 0.15) is 5.41 Å². The van der Waals surface area contributed by atoms with Crippen LogP contribution in [0.15, 0.2) is 0 Å². The number of hydrogen-bond donors (Lipinski definition) is 1. The molecule has 2 saturated carbocycles. The number of nitrogens with one attached hydrogen (secondary N) is 1. The first-order chi connectivity index (χ1) is 9.22. The molecule has 2 fully saturated rings. The van der Waals surface area contributed by atoms with Gasteiger partial charge in [0.2, 0.25) is 5.91 Å². The van der Waals surface area contributed by atoms with Crippen LogP contribution in [0, 0.1) is 16.7 Å². The highest BCUT2D eigenvalue weighted by Crippen LogP contribution is 2.37. The molecule has 0 aromatic rings. The quantitative estimate of drug-likeness (QED) is 0.863. The fourth-order valence-corrected chi connectivity index (χ4v) is 4.33. The maximum atomic E-state index is 12.5. The maximum absolute atomic E-state index is 12.5. The largest absolute Gasteiger partial charge is 0.351 e. The van der Waals surface area contributed by atoms with E-state index in [0.717, 1.165) is 38.5 Å². The molecule has 0 radical (unpaired) electrons. The third-order valence-electron chi connectivity index (χ3n) is 4.68. The Hall–Kier alpha value is -0.690. The Balaban J connectivity index is 2.00. The molecule has 3 nitrogen and oxygen atoms in total. The van der Waals surface area contributed by atoms with Crippen molar-refractivity contribution in [3.8, 4) is 6.07 Å². The van der Waals surface area contributed by atoms with E-state index in [9.17, 15) is 10.1 Å². The lowest BCUT2D eigenvalue weighted by molar-refractivity contribution is -0.130. The van der Waals surface area contributed by atoms with E-state index in [1.165, 1.54) is 19.3 Å². The van der Waals surface area contributed by atoms with Gasteiger partial charge in [-0.05, 0) is 31.9 Å². The Bertz CT molecular complexity index is 358. The average Bonchev–Trinajstić information content (AvgIpc) is 2.48. The molecule has 2 unspecified atom stereocenters. The standard InChI is InChI=1S/C15H24N2OS/c1-19-13-8-4-3-7-12(13)17-14(18)15(11-16)9-5-2-6-10-15/h12-13H,2-10H2,1H3,(H,17,18). The molecule has 0 aromatic heterocycles. The molecule has 0 bridgehead atoms. The van der Waals surface area contributed by atoms with Crippen molar-refractivity contribution in [2.75, 3.05) is 6.26 Å². The Kier molecular flexibility index (Phi) is 5.15. The second-order valence-electron chi connectivity index (χ2n) is 5.89. The van der Waals surface area contributed by atoms with Crippen LogP contribution in [0.25, 0.3) is 0 Å². The molecule has 0 saturated heterocycles. The molecule has 0 aromatic carbocycles. The molecule has 2 rings (SSSR count). The summed E-state index contributed by atoms with van der Waals surface area (Å²) in [6.07, 6.45) is 11.5. The zero-order chi connectivity index (χ0) is 13.7. The number of thioether (sulfide) groups is 1. The molecule has 1 amide bonds. The van der Waals surface area contributed by atoms with Gasteiger partial charge in [-0.2, -0.15) is 17.0 Å². The lowest BCUT2D eigenvalue weighted by Crippen LogP contribution is -2.50. The molecule has 0 aliphatic heterocycles. The third-order valence-corrected chi connectivity index (χ3v) is 5.85. The molecule has 19 heavy (non-hydrogen) atoms. The summed E-state index contributed by atoms with van der Waals surface area (Å²) in [6, 6.07) is 2.59. The zero-order valence-corrected chi connectivity index (χ0v) is 12.6. The first-order valence-electron chi connectivity index (χ1n) is 7.47. The number of nitriles is 1. The van der Waals surface area contributed by atoms with E-state index >= 15 is 0 Å².